The van der Waals surface area contributed by atoms with Crippen LogP contribution in [0.2, 0.25) is 5.02 Å². The maximum Gasteiger partial charge on any atom is 0.338 e. The molecule has 0 saturated carbocycles. The van der Waals surface area contributed by atoms with E-state index in [9.17, 15) is 19.1 Å². The Labute approximate surface area is 301 Å². The number of hydrogen-bond donors (Lipinski definition) is 4. The topological polar surface area (TPSA) is 151 Å². The molecule has 6 heterocycles. The van der Waals surface area contributed by atoms with Crippen molar-refractivity contribution in [3.63, 3.8) is 0 Å². The fourth-order valence-electron chi connectivity index (χ4n) is 7.23. The van der Waals surface area contributed by atoms with Gasteiger partial charge in [-0.2, -0.15) is 0 Å². The van der Waals surface area contributed by atoms with Crippen LogP contribution in [0.3, 0.4) is 0 Å². The summed E-state index contributed by atoms with van der Waals surface area (Å²) in [5, 5.41) is 19.1. The van der Waals surface area contributed by atoms with E-state index < -0.39 is 17.8 Å². The molecule has 3 saturated heterocycles. The highest BCUT2D eigenvalue weighted by Crippen LogP contribution is 2.37. The summed E-state index contributed by atoms with van der Waals surface area (Å²) in [6, 6.07) is 10.9. The minimum Gasteiger partial charge on any atom is -0.466 e. The minimum absolute atomic E-state index is 0.00708. The third-order valence-electron chi connectivity index (χ3n) is 9.77. The zero-order valence-corrected chi connectivity index (χ0v) is 29.1. The Morgan fingerprint density at radius 1 is 1.16 bits per heavy atom. The number of benzene rings is 2. The second kappa shape index (κ2) is 13.8. The van der Waals surface area contributed by atoms with Gasteiger partial charge in [0.1, 0.15) is 17.7 Å². The number of rotatable bonds is 8. The van der Waals surface area contributed by atoms with E-state index in [4.69, 9.17) is 21.3 Å². The lowest BCUT2D eigenvalue weighted by molar-refractivity contribution is -0.136. The molecule has 4 aromatic rings. The van der Waals surface area contributed by atoms with Gasteiger partial charge < -0.3 is 30.4 Å². The third kappa shape index (κ3) is 6.51. The van der Waals surface area contributed by atoms with E-state index in [0.717, 1.165) is 22.8 Å². The Balaban J connectivity index is 1.00. The van der Waals surface area contributed by atoms with Crippen LogP contribution in [0, 0.1) is 5.82 Å². The number of H-pyrrole nitrogens is 1. The molecule has 2 aromatic heterocycles. The van der Waals surface area contributed by atoms with Gasteiger partial charge in [-0.1, -0.05) is 29.8 Å². The number of carbonyl (C=O) groups is 2. The number of aliphatic hydroxyl groups excluding tert-OH is 1. The average Bonchev–Trinajstić information content (AvgIpc) is 3.96. The molecule has 0 bridgehead atoms. The van der Waals surface area contributed by atoms with Crippen molar-refractivity contribution in [2.45, 2.75) is 30.7 Å². The van der Waals surface area contributed by atoms with Crippen molar-refractivity contribution in [1.82, 2.24) is 35.4 Å². The number of amides is 2. The average molecular weight is 732 g/mol. The van der Waals surface area contributed by atoms with Crippen LogP contribution >= 0.6 is 22.9 Å². The summed E-state index contributed by atoms with van der Waals surface area (Å²) < 4.78 is 19.3. The molecule has 0 radical (unpaired) electrons. The van der Waals surface area contributed by atoms with Gasteiger partial charge >= 0.3 is 12.0 Å². The number of nitrogens with zero attached hydrogens (tertiary/aromatic N) is 6. The number of fused-ring (bicyclic) bond motifs is 1. The number of aliphatic imine (C=N–C) groups is 1. The molecule has 3 fully saturated rings. The van der Waals surface area contributed by atoms with Gasteiger partial charge in [-0.25, -0.2) is 23.9 Å². The number of carbonyl (C=O) groups excluding carboxylic acids is 2. The molecule has 264 valence electrons. The highest BCUT2D eigenvalue weighted by atomic mass is 35.5. The van der Waals surface area contributed by atoms with Crippen molar-refractivity contribution in [1.29, 1.82) is 0 Å². The van der Waals surface area contributed by atoms with Gasteiger partial charge in [0, 0.05) is 72.8 Å². The molecule has 13 nitrogen and oxygen atoms in total. The fourth-order valence-corrected chi connectivity index (χ4v) is 8.09. The second-order valence-electron chi connectivity index (χ2n) is 12.9. The number of urea groups is 1. The number of piperazine rings is 1. The molecular weight excluding hydrogens is 697 g/mol. The standard InChI is InChI=1S/C35H35ClFN9O4S/c1-50-34(48)29-28(42-32(33-38-8-11-51-33)43-30(29)24-7-4-20(37)12-25(24)36)18-44-9-10-45-22(16-44)17-46(35(45)49)21-5-2-19(3-6-21)27-15-40-31(41-27)26-13-23(47)14-39-26/h2-8,11-12,15,22-23,26,30,39,47H,9-10,13-14,16-18H2,1H3,(H,40,41)(H,42,43)/t22-,23+,26?,30-/m0/s1. The van der Waals surface area contributed by atoms with Gasteiger partial charge in [-0.3, -0.25) is 14.8 Å². The lowest BCUT2D eigenvalue weighted by Crippen LogP contribution is -2.53. The predicted octanol–water partition coefficient (Wildman–Crippen LogP) is 3.87. The number of aromatic amines is 1. The number of β-amino-alcohol motifs (C(OH)–C–C–N with tert-alkyl or cyclic N) is 1. The van der Waals surface area contributed by atoms with Crippen LogP contribution in [0.1, 0.15) is 34.9 Å². The first-order chi connectivity index (χ1) is 24.7. The summed E-state index contributed by atoms with van der Waals surface area (Å²) in [6.07, 6.45) is 3.71. The number of thiazole rings is 1. The Bertz CT molecular complexity index is 2020. The first-order valence-electron chi connectivity index (χ1n) is 16.6. The van der Waals surface area contributed by atoms with Gasteiger partial charge in [0.15, 0.2) is 10.8 Å². The first-order valence-corrected chi connectivity index (χ1v) is 17.9. The molecule has 16 heteroatoms. The number of anilines is 1. The summed E-state index contributed by atoms with van der Waals surface area (Å²) >= 11 is 7.91. The van der Waals surface area contributed by atoms with Gasteiger partial charge in [-0.15, -0.1) is 11.3 Å². The summed E-state index contributed by atoms with van der Waals surface area (Å²) in [5.74, 6) is 0.198. The second-order valence-corrected chi connectivity index (χ2v) is 14.2. The van der Waals surface area contributed by atoms with Crippen molar-refractivity contribution >= 4 is 46.5 Å². The lowest BCUT2D eigenvalue weighted by atomic mass is 9.95. The van der Waals surface area contributed by atoms with Crippen molar-refractivity contribution in [3.05, 3.63) is 98.7 Å². The van der Waals surface area contributed by atoms with E-state index in [-0.39, 0.29) is 34.8 Å². The molecule has 4 aliphatic rings. The van der Waals surface area contributed by atoms with Gasteiger partial charge in [0.2, 0.25) is 0 Å². The number of nitrogens with one attached hydrogen (secondary N) is 3. The van der Waals surface area contributed by atoms with Crippen LogP contribution in [-0.4, -0.2) is 106 Å². The minimum atomic E-state index is -0.853. The van der Waals surface area contributed by atoms with Crippen molar-refractivity contribution in [2.24, 2.45) is 4.99 Å². The molecule has 4 N–H and O–H groups in total. The highest BCUT2D eigenvalue weighted by Gasteiger charge is 2.42. The first kappa shape index (κ1) is 33.5. The maximum absolute atomic E-state index is 14.0. The lowest BCUT2D eigenvalue weighted by Gasteiger charge is -2.38. The highest BCUT2D eigenvalue weighted by molar-refractivity contribution is 7.11. The molecule has 8 rings (SSSR count). The Kier molecular flexibility index (Phi) is 9.06. The Morgan fingerprint density at radius 3 is 2.73 bits per heavy atom. The molecular formula is C35H35ClFN9O4S. The Morgan fingerprint density at radius 2 is 2.00 bits per heavy atom. The predicted molar refractivity (Wildman–Crippen MR) is 190 cm³/mol. The summed E-state index contributed by atoms with van der Waals surface area (Å²) in [5.41, 5.74) is 3.95. The van der Waals surface area contributed by atoms with E-state index in [1.807, 2.05) is 34.5 Å². The Hall–Kier alpha value is -4.67. The quantitative estimate of drug-likeness (QED) is 0.198. The van der Waals surface area contributed by atoms with E-state index in [0.29, 0.717) is 67.8 Å². The number of methoxy groups -OCH3 is 1. The maximum atomic E-state index is 14.0. The third-order valence-corrected chi connectivity index (χ3v) is 10.9. The van der Waals surface area contributed by atoms with Crippen LogP contribution in [0.25, 0.3) is 11.3 Å². The molecule has 2 aromatic carbocycles. The summed E-state index contributed by atoms with van der Waals surface area (Å²) in [6.45, 7) is 3.07. The summed E-state index contributed by atoms with van der Waals surface area (Å²) in [7, 11) is 1.31. The van der Waals surface area contributed by atoms with E-state index in [1.54, 1.807) is 17.3 Å². The normalized spacial score (nSPS) is 23.8. The number of aliphatic hydroxyl groups is 1. The van der Waals surface area contributed by atoms with Crippen LogP contribution < -0.4 is 15.5 Å². The number of halogens is 2. The molecule has 4 aliphatic heterocycles. The molecule has 0 aliphatic carbocycles. The molecule has 51 heavy (non-hydrogen) atoms. The number of hydrogen-bond acceptors (Lipinski definition) is 11. The van der Waals surface area contributed by atoms with E-state index in [1.165, 1.54) is 36.6 Å². The smallest absolute Gasteiger partial charge is 0.338 e. The van der Waals surface area contributed by atoms with Gasteiger partial charge in [0.05, 0.1) is 42.8 Å². The number of esters is 1. The van der Waals surface area contributed by atoms with Crippen LogP contribution in [0.15, 0.2) is 76.5 Å². The summed E-state index contributed by atoms with van der Waals surface area (Å²) in [4.78, 5) is 50.0. The van der Waals surface area contributed by atoms with Gasteiger partial charge in [0.25, 0.3) is 0 Å². The number of aromatic nitrogens is 3. The molecule has 1 unspecified atom stereocenters. The van der Waals surface area contributed by atoms with Crippen molar-refractivity contribution in [2.75, 3.05) is 51.3 Å². The van der Waals surface area contributed by atoms with E-state index in [2.05, 4.69) is 30.5 Å². The zero-order chi connectivity index (χ0) is 35.2. The fraction of sp³-hybridized carbons (Fsp3) is 0.343. The van der Waals surface area contributed by atoms with Crippen LogP contribution in [0.4, 0.5) is 14.9 Å². The molecule has 4 atom stereocenters. The zero-order valence-electron chi connectivity index (χ0n) is 27.6. The monoisotopic (exact) mass is 731 g/mol. The van der Waals surface area contributed by atoms with Gasteiger partial charge in [-0.05, 0) is 36.2 Å². The van der Waals surface area contributed by atoms with Crippen molar-refractivity contribution < 1.29 is 23.8 Å². The number of imidazole rings is 1. The van der Waals surface area contributed by atoms with Crippen LogP contribution in [-0.2, 0) is 9.53 Å². The SMILES string of the molecule is COC(=O)C1=C(CN2CCN3C(=O)N(c4ccc(-c5cnc(C6C[C@@H](O)CN6)[nH]5)cc4)C[C@@H]3C2)NC(c2nccs2)=N[C@H]1c1ccc(F)cc1Cl. The van der Waals surface area contributed by atoms with Crippen LogP contribution in [0.5, 0.6) is 0 Å². The van der Waals surface area contributed by atoms with E-state index >= 15 is 0 Å². The number of ether oxygens (including phenoxy) is 1. The largest absolute Gasteiger partial charge is 0.466 e. The van der Waals surface area contributed by atoms with Crippen molar-refractivity contribution in [3.8, 4) is 11.3 Å². The number of amidine groups is 1. The molecule has 2 amide bonds. The molecule has 0 spiro atoms.